The second kappa shape index (κ2) is 9.71. The first-order chi connectivity index (χ1) is 14.7. The van der Waals surface area contributed by atoms with Crippen molar-refractivity contribution in [1.82, 2.24) is 14.7 Å². The number of benzene rings is 2. The molecule has 0 bridgehead atoms. The van der Waals surface area contributed by atoms with Crippen LogP contribution in [-0.2, 0) is 11.3 Å². The molecule has 2 aromatic rings. The van der Waals surface area contributed by atoms with E-state index in [2.05, 4.69) is 39.8 Å². The lowest BCUT2D eigenvalue weighted by atomic mass is 9.99. The third-order valence-corrected chi connectivity index (χ3v) is 6.56. The summed E-state index contributed by atoms with van der Waals surface area (Å²) in [6.45, 7) is 8.38. The molecular formula is C25H32FN3O. The minimum Gasteiger partial charge on any atom is -0.339 e. The maximum Gasteiger partial charge on any atom is 0.240 e. The fourth-order valence-corrected chi connectivity index (χ4v) is 4.80. The van der Waals surface area contributed by atoms with Crippen LogP contribution in [0.5, 0.6) is 0 Å². The van der Waals surface area contributed by atoms with Gasteiger partial charge in [0.15, 0.2) is 0 Å². The van der Waals surface area contributed by atoms with Crippen molar-refractivity contribution >= 4 is 5.91 Å². The Balaban J connectivity index is 1.37. The number of rotatable bonds is 5. The third kappa shape index (κ3) is 4.73. The molecule has 1 amide bonds. The van der Waals surface area contributed by atoms with Crippen LogP contribution in [-0.4, -0.2) is 65.9 Å². The van der Waals surface area contributed by atoms with E-state index in [1.807, 2.05) is 18.2 Å². The van der Waals surface area contributed by atoms with Gasteiger partial charge in [0, 0.05) is 32.7 Å². The fourth-order valence-electron chi connectivity index (χ4n) is 4.80. The number of piperazine rings is 1. The van der Waals surface area contributed by atoms with Crippen LogP contribution in [0, 0.1) is 5.82 Å². The Morgan fingerprint density at radius 1 is 0.967 bits per heavy atom. The summed E-state index contributed by atoms with van der Waals surface area (Å²) in [4.78, 5) is 19.9. The first-order valence-electron chi connectivity index (χ1n) is 11.2. The van der Waals surface area contributed by atoms with Gasteiger partial charge in [-0.05, 0) is 54.8 Å². The predicted molar refractivity (Wildman–Crippen MR) is 119 cm³/mol. The molecule has 0 aliphatic carbocycles. The van der Waals surface area contributed by atoms with Crippen LogP contribution in [0.2, 0.25) is 0 Å². The average molecular weight is 410 g/mol. The summed E-state index contributed by atoms with van der Waals surface area (Å²) in [5.41, 5.74) is 3.43. The van der Waals surface area contributed by atoms with Gasteiger partial charge in [-0.25, -0.2) is 4.39 Å². The molecule has 2 heterocycles. The quantitative estimate of drug-likeness (QED) is 0.747. The number of amides is 1. The van der Waals surface area contributed by atoms with E-state index in [9.17, 15) is 9.18 Å². The normalized spacial score (nSPS) is 21.0. The summed E-state index contributed by atoms with van der Waals surface area (Å²) < 4.78 is 13.3. The smallest absolute Gasteiger partial charge is 0.240 e. The molecule has 0 saturated carbocycles. The topological polar surface area (TPSA) is 26.8 Å². The van der Waals surface area contributed by atoms with Gasteiger partial charge in [-0.2, -0.15) is 0 Å². The number of carbonyl (C=O) groups is 1. The molecule has 160 valence electrons. The average Bonchev–Trinajstić information content (AvgIpc) is 2.80. The molecule has 0 N–H and O–H groups in total. The van der Waals surface area contributed by atoms with Crippen molar-refractivity contribution in [3.05, 3.63) is 59.9 Å². The lowest BCUT2D eigenvalue weighted by Crippen LogP contribution is -2.55. The molecule has 1 atom stereocenters. The standard InChI is InChI=1S/C25H32FN3O/c1-2-28-14-6-5-9-24(28)25(30)29-17-15-27(16-18-29)19-21-7-3-4-8-23(21)20-10-12-22(26)13-11-20/h3-4,7-8,10-13,24H,2,5-6,9,14-19H2,1H3/t24-/m0/s1. The van der Waals surface area contributed by atoms with Gasteiger partial charge >= 0.3 is 0 Å². The van der Waals surface area contributed by atoms with Crippen LogP contribution in [0.25, 0.3) is 11.1 Å². The monoisotopic (exact) mass is 409 g/mol. The predicted octanol–water partition coefficient (Wildman–Crippen LogP) is 4.01. The van der Waals surface area contributed by atoms with E-state index < -0.39 is 0 Å². The Hall–Kier alpha value is -2.24. The number of piperidine rings is 1. The van der Waals surface area contributed by atoms with Gasteiger partial charge in [0.2, 0.25) is 5.91 Å². The molecule has 0 spiro atoms. The number of hydrogen-bond donors (Lipinski definition) is 0. The molecule has 4 nitrogen and oxygen atoms in total. The van der Waals surface area contributed by atoms with Crippen molar-refractivity contribution in [1.29, 1.82) is 0 Å². The van der Waals surface area contributed by atoms with Gasteiger partial charge in [-0.15, -0.1) is 0 Å². The molecule has 0 unspecified atom stereocenters. The van der Waals surface area contributed by atoms with E-state index in [-0.39, 0.29) is 11.9 Å². The summed E-state index contributed by atoms with van der Waals surface area (Å²) in [7, 11) is 0. The van der Waals surface area contributed by atoms with Gasteiger partial charge < -0.3 is 4.90 Å². The van der Waals surface area contributed by atoms with Crippen LogP contribution in [0.15, 0.2) is 48.5 Å². The first kappa shape index (κ1) is 21.0. The highest BCUT2D eigenvalue weighted by molar-refractivity contribution is 5.82. The Kier molecular flexibility index (Phi) is 6.80. The fraction of sp³-hybridized carbons (Fsp3) is 0.480. The summed E-state index contributed by atoms with van der Waals surface area (Å²) in [6, 6.07) is 15.1. The van der Waals surface area contributed by atoms with Gasteiger partial charge in [0.25, 0.3) is 0 Å². The molecule has 5 heteroatoms. The zero-order chi connectivity index (χ0) is 20.9. The molecule has 2 aromatic carbocycles. The highest BCUT2D eigenvalue weighted by Gasteiger charge is 2.32. The molecule has 2 aliphatic rings. The molecule has 2 saturated heterocycles. The van der Waals surface area contributed by atoms with Crippen molar-refractivity contribution in [2.45, 2.75) is 38.8 Å². The summed E-state index contributed by atoms with van der Waals surface area (Å²) in [5.74, 6) is 0.111. The van der Waals surface area contributed by atoms with Gasteiger partial charge in [0.1, 0.15) is 5.82 Å². The van der Waals surface area contributed by atoms with Crippen LogP contribution in [0.3, 0.4) is 0 Å². The van der Waals surface area contributed by atoms with Crippen molar-refractivity contribution in [2.24, 2.45) is 0 Å². The van der Waals surface area contributed by atoms with Gasteiger partial charge in [0.05, 0.1) is 6.04 Å². The number of halogens is 1. The summed E-state index contributed by atoms with van der Waals surface area (Å²) in [6.07, 6.45) is 3.36. The molecular weight excluding hydrogens is 377 g/mol. The van der Waals surface area contributed by atoms with Crippen molar-refractivity contribution in [2.75, 3.05) is 39.3 Å². The van der Waals surface area contributed by atoms with E-state index >= 15 is 0 Å². The highest BCUT2D eigenvalue weighted by atomic mass is 19.1. The van der Waals surface area contributed by atoms with E-state index in [4.69, 9.17) is 0 Å². The highest BCUT2D eigenvalue weighted by Crippen LogP contribution is 2.26. The summed E-state index contributed by atoms with van der Waals surface area (Å²) in [5, 5.41) is 0. The van der Waals surface area contributed by atoms with E-state index in [0.29, 0.717) is 5.91 Å². The Bertz CT molecular complexity index is 846. The molecule has 4 rings (SSSR count). The number of likely N-dealkylation sites (tertiary alicyclic amines) is 1. The second-order valence-corrected chi connectivity index (χ2v) is 8.41. The Morgan fingerprint density at radius 2 is 1.70 bits per heavy atom. The largest absolute Gasteiger partial charge is 0.339 e. The SMILES string of the molecule is CCN1CCCC[C@H]1C(=O)N1CCN(Cc2ccccc2-c2ccc(F)cc2)CC1. The molecule has 0 radical (unpaired) electrons. The minimum absolute atomic E-state index is 0.0782. The number of nitrogens with zero attached hydrogens (tertiary/aromatic N) is 3. The van der Waals surface area contributed by atoms with Crippen LogP contribution in [0.1, 0.15) is 31.7 Å². The van der Waals surface area contributed by atoms with E-state index in [0.717, 1.165) is 69.8 Å². The minimum atomic E-state index is -0.211. The van der Waals surface area contributed by atoms with Crippen LogP contribution >= 0.6 is 0 Å². The Morgan fingerprint density at radius 3 is 2.43 bits per heavy atom. The zero-order valence-electron chi connectivity index (χ0n) is 17.9. The summed E-state index contributed by atoms with van der Waals surface area (Å²) >= 11 is 0. The molecule has 2 aliphatic heterocycles. The van der Waals surface area contributed by atoms with Crippen LogP contribution in [0.4, 0.5) is 4.39 Å². The Labute approximate surface area is 179 Å². The van der Waals surface area contributed by atoms with E-state index in [1.165, 1.54) is 24.1 Å². The lowest BCUT2D eigenvalue weighted by Gasteiger charge is -2.40. The first-order valence-corrected chi connectivity index (χ1v) is 11.2. The third-order valence-electron chi connectivity index (χ3n) is 6.56. The lowest BCUT2D eigenvalue weighted by molar-refractivity contribution is -0.140. The number of likely N-dealkylation sites (N-methyl/N-ethyl adjacent to an activating group) is 1. The zero-order valence-corrected chi connectivity index (χ0v) is 17.9. The molecule has 2 fully saturated rings. The second-order valence-electron chi connectivity index (χ2n) is 8.41. The van der Waals surface area contributed by atoms with E-state index in [1.54, 1.807) is 0 Å². The number of carbonyl (C=O) groups excluding carboxylic acids is 1. The van der Waals surface area contributed by atoms with Crippen molar-refractivity contribution in [3.63, 3.8) is 0 Å². The molecule has 0 aromatic heterocycles. The maximum atomic E-state index is 13.3. The van der Waals surface area contributed by atoms with Gasteiger partial charge in [-0.1, -0.05) is 49.7 Å². The van der Waals surface area contributed by atoms with Gasteiger partial charge in [-0.3, -0.25) is 14.6 Å². The molecule has 30 heavy (non-hydrogen) atoms. The number of hydrogen-bond acceptors (Lipinski definition) is 3. The van der Waals surface area contributed by atoms with Crippen LogP contribution < -0.4 is 0 Å². The maximum absolute atomic E-state index is 13.3. The van der Waals surface area contributed by atoms with Crippen molar-refractivity contribution < 1.29 is 9.18 Å². The van der Waals surface area contributed by atoms with Crippen molar-refractivity contribution in [3.8, 4) is 11.1 Å².